The Morgan fingerprint density at radius 1 is 0.964 bits per heavy atom. The number of aromatic nitrogens is 2. The normalized spacial score (nSPS) is 11.0. The molecule has 2 aromatic heterocycles. The molecule has 2 heterocycles. The molecule has 28 heavy (non-hydrogen) atoms. The number of hydrogen-bond donors (Lipinski definition) is 1. The lowest BCUT2D eigenvalue weighted by molar-refractivity contribution is 0.0958. The van der Waals surface area contributed by atoms with Crippen LogP contribution >= 0.6 is 11.3 Å². The number of nitrogens with one attached hydrogen (secondary N) is 1. The lowest BCUT2D eigenvalue weighted by Gasteiger charge is -2.10. The van der Waals surface area contributed by atoms with Crippen molar-refractivity contribution in [3.8, 4) is 0 Å². The number of carbonyl (C=O) groups is 1. The van der Waals surface area contributed by atoms with E-state index in [1.165, 1.54) is 16.9 Å². The SMILES string of the molecule is O=C(NCCc1nc2ccccc2n1CCCc1ccccc1)c1cccs1. The Kier molecular flexibility index (Phi) is 5.83. The van der Waals surface area contributed by atoms with Crippen molar-refractivity contribution >= 4 is 28.3 Å². The first-order chi connectivity index (χ1) is 13.8. The van der Waals surface area contributed by atoms with E-state index in [0.29, 0.717) is 6.54 Å². The Bertz CT molecular complexity index is 1040. The monoisotopic (exact) mass is 389 g/mol. The van der Waals surface area contributed by atoms with Crippen LogP contribution in [0.1, 0.15) is 27.5 Å². The predicted octanol–water partition coefficient (Wildman–Crippen LogP) is 4.70. The fourth-order valence-corrected chi connectivity index (χ4v) is 4.07. The van der Waals surface area contributed by atoms with Gasteiger partial charge in [-0.3, -0.25) is 4.79 Å². The number of carbonyl (C=O) groups excluding carboxylic acids is 1. The zero-order chi connectivity index (χ0) is 19.2. The Morgan fingerprint density at radius 2 is 1.79 bits per heavy atom. The first-order valence-electron chi connectivity index (χ1n) is 9.61. The molecular formula is C23H23N3OS. The van der Waals surface area contributed by atoms with Crippen molar-refractivity contribution in [2.45, 2.75) is 25.8 Å². The van der Waals surface area contributed by atoms with Crippen LogP contribution in [0, 0.1) is 0 Å². The molecule has 0 radical (unpaired) electrons. The molecule has 0 unspecified atom stereocenters. The molecule has 4 nitrogen and oxygen atoms in total. The number of imidazole rings is 1. The average molecular weight is 390 g/mol. The van der Waals surface area contributed by atoms with Gasteiger partial charge >= 0.3 is 0 Å². The minimum absolute atomic E-state index is 0.0123. The van der Waals surface area contributed by atoms with Gasteiger partial charge in [-0.2, -0.15) is 0 Å². The zero-order valence-corrected chi connectivity index (χ0v) is 16.5. The molecule has 0 spiro atoms. The maximum absolute atomic E-state index is 12.2. The summed E-state index contributed by atoms with van der Waals surface area (Å²) in [5.41, 5.74) is 3.54. The second-order valence-electron chi connectivity index (χ2n) is 6.74. The Morgan fingerprint density at radius 3 is 2.61 bits per heavy atom. The van der Waals surface area contributed by atoms with Crippen LogP contribution in [0.4, 0.5) is 0 Å². The summed E-state index contributed by atoms with van der Waals surface area (Å²) in [5.74, 6) is 1.02. The Balaban J connectivity index is 1.43. The van der Waals surface area contributed by atoms with Crippen molar-refractivity contribution in [3.05, 3.63) is 88.4 Å². The van der Waals surface area contributed by atoms with E-state index in [1.54, 1.807) is 0 Å². The van der Waals surface area contributed by atoms with Gasteiger partial charge in [0.15, 0.2) is 0 Å². The van der Waals surface area contributed by atoms with Gasteiger partial charge in [0.2, 0.25) is 0 Å². The fourth-order valence-electron chi connectivity index (χ4n) is 3.43. The highest BCUT2D eigenvalue weighted by atomic mass is 32.1. The Labute approximate surface area is 168 Å². The molecule has 4 rings (SSSR count). The van der Waals surface area contributed by atoms with Crippen molar-refractivity contribution in [1.29, 1.82) is 0 Å². The largest absolute Gasteiger partial charge is 0.351 e. The molecule has 0 bridgehead atoms. The van der Waals surface area contributed by atoms with Crippen LogP contribution in [0.15, 0.2) is 72.1 Å². The lowest BCUT2D eigenvalue weighted by Crippen LogP contribution is -2.25. The highest BCUT2D eigenvalue weighted by Gasteiger charge is 2.11. The topological polar surface area (TPSA) is 46.9 Å². The van der Waals surface area contributed by atoms with Crippen LogP contribution in [0.2, 0.25) is 0 Å². The van der Waals surface area contributed by atoms with Crippen LogP contribution in [0.25, 0.3) is 11.0 Å². The quantitative estimate of drug-likeness (QED) is 0.475. The van der Waals surface area contributed by atoms with E-state index in [4.69, 9.17) is 4.98 Å². The standard InChI is InChI=1S/C23H23N3OS/c27-23(21-13-7-17-28-21)24-15-14-22-25-19-11-4-5-12-20(19)26(22)16-6-10-18-8-2-1-3-9-18/h1-5,7-9,11-13,17H,6,10,14-16H2,(H,24,27). The molecule has 1 amide bonds. The highest BCUT2D eigenvalue weighted by molar-refractivity contribution is 7.12. The summed E-state index contributed by atoms with van der Waals surface area (Å²) in [5, 5.41) is 4.92. The van der Waals surface area contributed by atoms with E-state index in [0.717, 1.165) is 47.5 Å². The second-order valence-corrected chi connectivity index (χ2v) is 7.69. The first-order valence-corrected chi connectivity index (χ1v) is 10.5. The maximum atomic E-state index is 12.2. The van der Waals surface area contributed by atoms with Gasteiger partial charge in [-0.25, -0.2) is 4.98 Å². The third-order valence-corrected chi connectivity index (χ3v) is 5.67. The van der Waals surface area contributed by atoms with E-state index in [1.807, 2.05) is 23.6 Å². The molecule has 0 aliphatic heterocycles. The lowest BCUT2D eigenvalue weighted by atomic mass is 10.1. The summed E-state index contributed by atoms with van der Waals surface area (Å²) in [4.78, 5) is 17.7. The molecule has 0 saturated heterocycles. The number of rotatable bonds is 8. The molecule has 2 aromatic carbocycles. The van der Waals surface area contributed by atoms with Crippen molar-refractivity contribution < 1.29 is 4.79 Å². The van der Waals surface area contributed by atoms with E-state index in [2.05, 4.69) is 58.4 Å². The third-order valence-electron chi connectivity index (χ3n) is 4.80. The molecule has 4 aromatic rings. The molecule has 0 fully saturated rings. The van der Waals surface area contributed by atoms with Crippen LogP contribution in [0.3, 0.4) is 0 Å². The van der Waals surface area contributed by atoms with Gasteiger partial charge < -0.3 is 9.88 Å². The molecule has 0 atom stereocenters. The fraction of sp³-hybridized carbons (Fsp3) is 0.217. The molecule has 1 N–H and O–H groups in total. The van der Waals surface area contributed by atoms with E-state index in [9.17, 15) is 4.79 Å². The first kappa shape index (κ1) is 18.4. The van der Waals surface area contributed by atoms with E-state index < -0.39 is 0 Å². The minimum atomic E-state index is -0.0123. The van der Waals surface area contributed by atoms with Gasteiger partial charge in [-0.1, -0.05) is 48.5 Å². The van der Waals surface area contributed by atoms with E-state index in [-0.39, 0.29) is 5.91 Å². The van der Waals surface area contributed by atoms with Crippen LogP contribution in [0.5, 0.6) is 0 Å². The number of aryl methyl sites for hydroxylation is 2. The van der Waals surface area contributed by atoms with Crippen molar-refractivity contribution in [1.82, 2.24) is 14.9 Å². The Hall–Kier alpha value is -2.92. The van der Waals surface area contributed by atoms with Crippen molar-refractivity contribution in [2.75, 3.05) is 6.54 Å². The number of nitrogens with zero attached hydrogens (tertiary/aromatic N) is 2. The number of amides is 1. The number of para-hydroxylation sites is 2. The van der Waals surface area contributed by atoms with Crippen LogP contribution in [-0.2, 0) is 19.4 Å². The maximum Gasteiger partial charge on any atom is 0.261 e. The van der Waals surface area contributed by atoms with Gasteiger partial charge in [0.25, 0.3) is 5.91 Å². The minimum Gasteiger partial charge on any atom is -0.351 e. The average Bonchev–Trinajstić information content (AvgIpc) is 3.38. The summed E-state index contributed by atoms with van der Waals surface area (Å²) in [6, 6.07) is 22.6. The summed E-state index contributed by atoms with van der Waals surface area (Å²) < 4.78 is 2.30. The van der Waals surface area contributed by atoms with Gasteiger partial charge in [0.05, 0.1) is 15.9 Å². The van der Waals surface area contributed by atoms with E-state index >= 15 is 0 Å². The van der Waals surface area contributed by atoms with Gasteiger partial charge in [-0.15, -0.1) is 11.3 Å². The zero-order valence-electron chi connectivity index (χ0n) is 15.7. The number of hydrogen-bond acceptors (Lipinski definition) is 3. The summed E-state index contributed by atoms with van der Waals surface area (Å²) in [7, 11) is 0. The van der Waals surface area contributed by atoms with Crippen LogP contribution in [-0.4, -0.2) is 22.0 Å². The van der Waals surface area contributed by atoms with Crippen molar-refractivity contribution in [2.24, 2.45) is 0 Å². The smallest absolute Gasteiger partial charge is 0.261 e. The summed E-state index contributed by atoms with van der Waals surface area (Å²) >= 11 is 1.46. The number of thiophene rings is 1. The predicted molar refractivity (Wildman–Crippen MR) is 115 cm³/mol. The molecular weight excluding hydrogens is 366 g/mol. The molecule has 0 aliphatic carbocycles. The van der Waals surface area contributed by atoms with Crippen molar-refractivity contribution in [3.63, 3.8) is 0 Å². The van der Waals surface area contributed by atoms with Gasteiger partial charge in [0, 0.05) is 19.5 Å². The summed E-state index contributed by atoms with van der Waals surface area (Å²) in [6.45, 7) is 1.50. The third kappa shape index (κ3) is 4.31. The molecule has 0 saturated carbocycles. The molecule has 142 valence electrons. The second kappa shape index (κ2) is 8.85. The van der Waals surface area contributed by atoms with Crippen LogP contribution < -0.4 is 5.32 Å². The molecule has 0 aliphatic rings. The molecule has 5 heteroatoms. The summed E-state index contributed by atoms with van der Waals surface area (Å²) in [6.07, 6.45) is 2.82. The highest BCUT2D eigenvalue weighted by Crippen LogP contribution is 2.18. The number of benzene rings is 2. The van der Waals surface area contributed by atoms with Gasteiger partial charge in [-0.05, 0) is 42.0 Å². The van der Waals surface area contributed by atoms with Gasteiger partial charge in [0.1, 0.15) is 5.82 Å². The number of fused-ring (bicyclic) bond motifs is 1.